The van der Waals surface area contributed by atoms with Gasteiger partial charge in [-0.15, -0.1) is 0 Å². The lowest BCUT2D eigenvalue weighted by Gasteiger charge is -2.33. The van der Waals surface area contributed by atoms with Crippen molar-refractivity contribution < 1.29 is 23.9 Å². The first kappa shape index (κ1) is 22.6. The van der Waals surface area contributed by atoms with Gasteiger partial charge in [0.2, 0.25) is 0 Å². The summed E-state index contributed by atoms with van der Waals surface area (Å²) < 4.78 is 11.4. The minimum absolute atomic E-state index is 0.226. The molecule has 4 rings (SSSR count). The van der Waals surface area contributed by atoms with Gasteiger partial charge >= 0.3 is 11.9 Å². The van der Waals surface area contributed by atoms with Gasteiger partial charge in [0.15, 0.2) is 0 Å². The summed E-state index contributed by atoms with van der Waals surface area (Å²) in [6, 6.07) is 14.4. The smallest absolute Gasteiger partial charge is 0.338 e. The van der Waals surface area contributed by atoms with E-state index >= 15 is 0 Å². The summed E-state index contributed by atoms with van der Waals surface area (Å²) in [4.78, 5) is 45.0. The zero-order valence-corrected chi connectivity index (χ0v) is 19.7. The monoisotopic (exact) mass is 448 g/mol. The summed E-state index contributed by atoms with van der Waals surface area (Å²) in [6.07, 6.45) is 0. The fourth-order valence-electron chi connectivity index (χ4n) is 4.06. The average Bonchev–Trinajstić information content (AvgIpc) is 3.01. The first-order valence-electron chi connectivity index (χ1n) is 10.8. The molecule has 0 atom stereocenters. The van der Waals surface area contributed by atoms with Crippen LogP contribution in [0, 0.1) is 0 Å². The molecule has 0 bridgehead atoms. The summed E-state index contributed by atoms with van der Waals surface area (Å²) in [5.74, 6) is -2.79. The van der Waals surface area contributed by atoms with Gasteiger partial charge in [0.1, 0.15) is 11.2 Å². The van der Waals surface area contributed by atoms with Gasteiger partial charge in [-0.3, -0.25) is 4.79 Å². The van der Waals surface area contributed by atoms with Gasteiger partial charge in [-0.2, -0.15) is 0 Å². The number of esters is 2. The number of benzene rings is 2. The average molecular weight is 449 g/mol. The minimum Gasteiger partial charge on any atom is -0.458 e. The number of H-pyrrole nitrogens is 1. The third kappa shape index (κ3) is 3.77. The van der Waals surface area contributed by atoms with Crippen molar-refractivity contribution in [2.24, 2.45) is 0 Å². The SMILES string of the molecule is CC(C)(C)OC(=O)C1(C(=O)OC(C)(C)C)C(=O)Nc2ccccc2-c2[nH]c3ccccc3c21. The van der Waals surface area contributed by atoms with E-state index < -0.39 is 34.5 Å². The van der Waals surface area contributed by atoms with E-state index in [1.54, 1.807) is 65.8 Å². The van der Waals surface area contributed by atoms with Crippen molar-refractivity contribution in [1.82, 2.24) is 4.98 Å². The summed E-state index contributed by atoms with van der Waals surface area (Å²) in [5.41, 5.74) is -1.74. The van der Waals surface area contributed by atoms with Gasteiger partial charge in [0, 0.05) is 22.0 Å². The molecule has 0 radical (unpaired) electrons. The number of fused-ring (bicyclic) bond motifs is 5. The molecule has 0 fully saturated rings. The van der Waals surface area contributed by atoms with Gasteiger partial charge < -0.3 is 19.8 Å². The Kier molecular flexibility index (Phi) is 5.11. The van der Waals surface area contributed by atoms with E-state index in [2.05, 4.69) is 10.3 Å². The highest BCUT2D eigenvalue weighted by Crippen LogP contribution is 2.46. The number of carbonyl (C=O) groups is 3. The Bertz CT molecular complexity index is 1250. The molecular weight excluding hydrogens is 420 g/mol. The molecule has 7 heteroatoms. The van der Waals surface area contributed by atoms with Crippen LogP contribution in [0.25, 0.3) is 22.2 Å². The predicted octanol–water partition coefficient (Wildman–Crippen LogP) is 4.71. The fourth-order valence-corrected chi connectivity index (χ4v) is 4.06. The number of para-hydroxylation sites is 2. The molecule has 0 spiro atoms. The lowest BCUT2D eigenvalue weighted by molar-refractivity contribution is -0.178. The minimum atomic E-state index is -2.38. The molecule has 1 aliphatic heterocycles. The molecule has 172 valence electrons. The number of rotatable bonds is 2. The number of hydrogen-bond donors (Lipinski definition) is 2. The highest BCUT2D eigenvalue weighted by atomic mass is 16.6. The molecule has 2 N–H and O–H groups in total. The van der Waals surface area contributed by atoms with Gasteiger partial charge in [-0.25, -0.2) is 9.59 Å². The van der Waals surface area contributed by atoms with Gasteiger partial charge in [0.25, 0.3) is 11.3 Å². The van der Waals surface area contributed by atoms with Crippen LogP contribution in [0.3, 0.4) is 0 Å². The quantitative estimate of drug-likeness (QED) is 0.437. The van der Waals surface area contributed by atoms with Crippen molar-refractivity contribution in [2.45, 2.75) is 58.2 Å². The van der Waals surface area contributed by atoms with E-state index in [9.17, 15) is 14.4 Å². The maximum Gasteiger partial charge on any atom is 0.338 e. The second kappa shape index (κ2) is 7.47. The molecule has 3 aromatic rings. The molecule has 2 heterocycles. The lowest BCUT2D eigenvalue weighted by atomic mass is 9.77. The molecule has 0 saturated carbocycles. The maximum atomic E-state index is 13.9. The highest BCUT2D eigenvalue weighted by Gasteiger charge is 2.62. The van der Waals surface area contributed by atoms with Crippen LogP contribution in [0.2, 0.25) is 0 Å². The highest BCUT2D eigenvalue weighted by molar-refractivity contribution is 6.32. The normalized spacial score (nSPS) is 15.2. The standard InChI is InChI=1S/C26H28N2O5/c1-24(2,3)32-22(30)26(23(31)33-25(4,5)6)19-15-11-7-9-13-17(15)27-20(19)16-12-8-10-14-18(16)28-21(26)29/h7-14,27H,1-6H3,(H,28,29). The molecule has 2 aromatic carbocycles. The molecule has 1 amide bonds. The predicted molar refractivity (Wildman–Crippen MR) is 126 cm³/mol. The molecule has 0 unspecified atom stereocenters. The van der Waals surface area contributed by atoms with Crippen LogP contribution in [-0.2, 0) is 29.3 Å². The Balaban J connectivity index is 2.13. The summed E-state index contributed by atoms with van der Waals surface area (Å²) in [5, 5.41) is 3.35. The molecule has 0 saturated heterocycles. The number of ether oxygens (including phenoxy) is 2. The van der Waals surface area contributed by atoms with E-state index in [1.165, 1.54) is 0 Å². The Labute approximate surface area is 192 Å². The summed E-state index contributed by atoms with van der Waals surface area (Å²) in [7, 11) is 0. The van der Waals surface area contributed by atoms with Gasteiger partial charge in [0.05, 0.1) is 11.4 Å². The van der Waals surface area contributed by atoms with Crippen LogP contribution >= 0.6 is 0 Å². The van der Waals surface area contributed by atoms with Crippen molar-refractivity contribution >= 4 is 34.4 Å². The van der Waals surface area contributed by atoms with Crippen molar-refractivity contribution in [3.8, 4) is 11.3 Å². The third-order valence-corrected chi connectivity index (χ3v) is 5.28. The summed E-state index contributed by atoms with van der Waals surface area (Å²) in [6.45, 7) is 10.1. The second-order valence-electron chi connectivity index (χ2n) is 10.2. The number of hydrogen-bond acceptors (Lipinski definition) is 5. The van der Waals surface area contributed by atoms with Crippen LogP contribution < -0.4 is 5.32 Å². The first-order chi connectivity index (χ1) is 15.3. The van der Waals surface area contributed by atoms with Crippen molar-refractivity contribution in [1.29, 1.82) is 0 Å². The molecule has 0 aliphatic carbocycles. The number of anilines is 1. The number of carbonyl (C=O) groups excluding carboxylic acids is 3. The van der Waals surface area contributed by atoms with Crippen molar-refractivity contribution in [2.75, 3.05) is 5.32 Å². The van der Waals surface area contributed by atoms with Crippen LogP contribution in [0.15, 0.2) is 48.5 Å². The van der Waals surface area contributed by atoms with Crippen molar-refractivity contribution in [3.05, 3.63) is 54.1 Å². The van der Waals surface area contributed by atoms with E-state index in [4.69, 9.17) is 9.47 Å². The first-order valence-corrected chi connectivity index (χ1v) is 10.8. The van der Waals surface area contributed by atoms with E-state index in [0.29, 0.717) is 27.8 Å². The molecule has 7 nitrogen and oxygen atoms in total. The lowest BCUT2D eigenvalue weighted by Crippen LogP contribution is -2.57. The fraction of sp³-hybridized carbons (Fsp3) is 0.346. The van der Waals surface area contributed by atoms with E-state index in [-0.39, 0.29) is 5.56 Å². The van der Waals surface area contributed by atoms with Crippen LogP contribution in [0.5, 0.6) is 0 Å². The Morgan fingerprint density at radius 2 is 1.36 bits per heavy atom. The maximum absolute atomic E-state index is 13.9. The largest absolute Gasteiger partial charge is 0.458 e. The second-order valence-corrected chi connectivity index (χ2v) is 10.2. The third-order valence-electron chi connectivity index (χ3n) is 5.28. The number of aromatic amines is 1. The number of nitrogens with one attached hydrogen (secondary N) is 2. The Morgan fingerprint density at radius 1 is 0.818 bits per heavy atom. The van der Waals surface area contributed by atoms with Gasteiger partial charge in [-0.1, -0.05) is 36.4 Å². The zero-order valence-electron chi connectivity index (χ0n) is 19.7. The van der Waals surface area contributed by atoms with E-state index in [0.717, 1.165) is 0 Å². The van der Waals surface area contributed by atoms with E-state index in [1.807, 2.05) is 24.3 Å². The van der Waals surface area contributed by atoms with Gasteiger partial charge in [-0.05, 0) is 53.7 Å². The Hall–Kier alpha value is -3.61. The topological polar surface area (TPSA) is 97.5 Å². The number of aromatic nitrogens is 1. The number of amides is 1. The van der Waals surface area contributed by atoms with Crippen LogP contribution in [-0.4, -0.2) is 34.0 Å². The molecule has 33 heavy (non-hydrogen) atoms. The zero-order chi connectivity index (χ0) is 24.2. The summed E-state index contributed by atoms with van der Waals surface area (Å²) >= 11 is 0. The van der Waals surface area contributed by atoms with Crippen LogP contribution in [0.1, 0.15) is 47.1 Å². The van der Waals surface area contributed by atoms with Crippen molar-refractivity contribution in [3.63, 3.8) is 0 Å². The molecule has 1 aromatic heterocycles. The van der Waals surface area contributed by atoms with Crippen LogP contribution in [0.4, 0.5) is 5.69 Å². The molecular formula is C26H28N2O5. The Morgan fingerprint density at radius 3 is 1.97 bits per heavy atom. The molecule has 1 aliphatic rings.